The maximum absolute atomic E-state index is 14.5. The summed E-state index contributed by atoms with van der Waals surface area (Å²) in [6, 6.07) is 16.0. The van der Waals surface area contributed by atoms with Gasteiger partial charge in [0.25, 0.3) is 0 Å². The first-order chi connectivity index (χ1) is 21.5. The molecule has 230 valence electrons. The van der Waals surface area contributed by atoms with Crippen LogP contribution < -0.4 is 9.80 Å². The fourth-order valence-corrected chi connectivity index (χ4v) is 8.67. The quantitative estimate of drug-likeness (QED) is 0.236. The van der Waals surface area contributed by atoms with Crippen LogP contribution in [0.1, 0.15) is 43.7 Å². The zero-order chi connectivity index (χ0) is 31.9. The number of phenols is 1. The number of aryl methyl sites for hydroxylation is 1. The van der Waals surface area contributed by atoms with Crippen molar-refractivity contribution in [2.24, 2.45) is 29.1 Å². The molecule has 7 nitrogen and oxygen atoms in total. The maximum Gasteiger partial charge on any atom is 0.241 e. The lowest BCUT2D eigenvalue weighted by Crippen LogP contribution is -2.48. The van der Waals surface area contributed by atoms with Crippen LogP contribution >= 0.6 is 27.5 Å². The molecule has 2 heterocycles. The highest BCUT2D eigenvalue weighted by atomic mass is 79.9. The van der Waals surface area contributed by atoms with Crippen LogP contribution in [0.4, 0.5) is 15.8 Å². The number of hydrogen-bond donors (Lipinski definition) is 1. The molecule has 10 heteroatoms. The summed E-state index contributed by atoms with van der Waals surface area (Å²) in [5.41, 5.74) is 1.58. The number of aromatic hydroxyl groups is 1. The van der Waals surface area contributed by atoms with Gasteiger partial charge < -0.3 is 5.11 Å². The summed E-state index contributed by atoms with van der Waals surface area (Å²) >= 11 is 9.55. The van der Waals surface area contributed by atoms with E-state index in [1.807, 2.05) is 25.1 Å². The summed E-state index contributed by atoms with van der Waals surface area (Å²) in [5.74, 6) is -5.89. The molecule has 1 saturated carbocycles. The van der Waals surface area contributed by atoms with Crippen LogP contribution in [0, 0.1) is 34.9 Å². The predicted molar refractivity (Wildman–Crippen MR) is 170 cm³/mol. The van der Waals surface area contributed by atoms with Crippen molar-refractivity contribution >= 4 is 62.5 Å². The molecule has 2 aliphatic carbocycles. The van der Waals surface area contributed by atoms with Crippen molar-refractivity contribution in [1.29, 1.82) is 0 Å². The first-order valence-corrected chi connectivity index (χ1v) is 16.1. The van der Waals surface area contributed by atoms with Gasteiger partial charge in [0, 0.05) is 16.0 Å². The van der Waals surface area contributed by atoms with Crippen LogP contribution in [0.3, 0.4) is 0 Å². The monoisotopic (exact) mass is 690 g/mol. The number of nitrogens with zero attached hydrogens (tertiary/aromatic N) is 2. The molecule has 3 aromatic rings. The largest absolute Gasteiger partial charge is 0.508 e. The van der Waals surface area contributed by atoms with Crippen LogP contribution in [-0.2, 0) is 25.6 Å². The van der Waals surface area contributed by atoms with Gasteiger partial charge in [0.2, 0.25) is 23.6 Å². The minimum Gasteiger partial charge on any atom is -0.508 e. The van der Waals surface area contributed by atoms with Crippen LogP contribution in [0.2, 0.25) is 5.02 Å². The third-order valence-corrected chi connectivity index (χ3v) is 11.1. The molecule has 45 heavy (non-hydrogen) atoms. The molecule has 6 unspecified atom stereocenters. The average Bonchev–Trinajstić information content (AvgIpc) is 3.39. The number of fused-ring (bicyclic) bond motifs is 4. The Labute approximate surface area is 272 Å². The van der Waals surface area contributed by atoms with Gasteiger partial charge in [-0.3, -0.25) is 24.1 Å². The van der Waals surface area contributed by atoms with Crippen molar-refractivity contribution in [3.05, 3.63) is 98.8 Å². The third-order valence-electron chi connectivity index (χ3n) is 10.3. The summed E-state index contributed by atoms with van der Waals surface area (Å²) in [6.45, 7) is 3.75. The lowest BCUT2D eigenvalue weighted by molar-refractivity contribution is -0.131. The minimum absolute atomic E-state index is 0.0539. The van der Waals surface area contributed by atoms with E-state index in [0.29, 0.717) is 15.7 Å². The fourth-order valence-electron chi connectivity index (χ4n) is 8.12. The third kappa shape index (κ3) is 4.27. The van der Waals surface area contributed by atoms with Gasteiger partial charge in [0.1, 0.15) is 11.6 Å². The molecule has 4 aliphatic rings. The summed E-state index contributed by atoms with van der Waals surface area (Å²) in [4.78, 5) is 59.0. The summed E-state index contributed by atoms with van der Waals surface area (Å²) in [7, 11) is 0. The second-order valence-electron chi connectivity index (χ2n) is 12.5. The number of carbonyl (C=O) groups is 4. The average molecular weight is 692 g/mol. The number of carbonyl (C=O) groups excluding carboxylic acids is 4. The first-order valence-electron chi connectivity index (χ1n) is 15.0. The second-order valence-corrected chi connectivity index (χ2v) is 13.8. The van der Waals surface area contributed by atoms with Crippen molar-refractivity contribution in [3.8, 4) is 5.75 Å². The Hall–Kier alpha value is -3.82. The topological polar surface area (TPSA) is 95.0 Å². The van der Waals surface area contributed by atoms with E-state index in [1.54, 1.807) is 31.2 Å². The molecule has 7 rings (SSSR count). The number of halogens is 3. The number of phenolic OH excluding ortho intramolecular Hbond substituents is 1. The number of rotatable bonds is 4. The van der Waals surface area contributed by atoms with E-state index in [2.05, 4.69) is 15.9 Å². The van der Waals surface area contributed by atoms with Crippen molar-refractivity contribution in [2.75, 3.05) is 9.80 Å². The summed E-state index contributed by atoms with van der Waals surface area (Å²) < 4.78 is 14.7. The second kappa shape index (κ2) is 10.6. The molecule has 0 radical (unpaired) electrons. The van der Waals surface area contributed by atoms with Gasteiger partial charge in [-0.2, -0.15) is 0 Å². The normalized spacial score (nSPS) is 29.1. The van der Waals surface area contributed by atoms with E-state index in [9.17, 15) is 28.7 Å². The fraction of sp³-hybridized carbons (Fsp3) is 0.314. The van der Waals surface area contributed by atoms with Gasteiger partial charge in [-0.1, -0.05) is 58.2 Å². The lowest BCUT2D eigenvalue weighted by Gasteiger charge is -2.49. The van der Waals surface area contributed by atoms with Gasteiger partial charge in [-0.05, 0) is 86.2 Å². The van der Waals surface area contributed by atoms with Gasteiger partial charge in [-0.25, -0.2) is 9.29 Å². The predicted octanol–water partition coefficient (Wildman–Crippen LogP) is 6.94. The van der Waals surface area contributed by atoms with Crippen LogP contribution in [0.25, 0.3) is 0 Å². The van der Waals surface area contributed by atoms with Crippen LogP contribution in [-0.4, -0.2) is 28.7 Å². The number of allylic oxidation sites excluding steroid dienone is 2. The Morgan fingerprint density at radius 2 is 1.64 bits per heavy atom. The standard InChI is InChI=1S/C35H29BrClFN2O5/c1-3-17-4-7-19(8-5-17)39-31(42)22-11-10-21-23(29(22)33(39)44)16-25-32(43)40(20-9-12-27(38)26(37)15-20)34(45)35(25,2)30(21)24-14-18(36)6-13-28(24)41/h4-10,12-15,22-23,25,29-30,41H,3,11,16H2,1-2H3. The Morgan fingerprint density at radius 1 is 0.933 bits per heavy atom. The molecular weight excluding hydrogens is 663 g/mol. The molecule has 0 aromatic heterocycles. The highest BCUT2D eigenvalue weighted by Gasteiger charge is 2.68. The van der Waals surface area contributed by atoms with E-state index in [4.69, 9.17) is 11.6 Å². The number of imide groups is 2. The number of anilines is 2. The molecule has 4 amide bonds. The van der Waals surface area contributed by atoms with E-state index in [1.165, 1.54) is 23.1 Å². The van der Waals surface area contributed by atoms with Gasteiger partial charge in [0.15, 0.2) is 0 Å². The zero-order valence-electron chi connectivity index (χ0n) is 24.5. The zero-order valence-corrected chi connectivity index (χ0v) is 26.8. The molecule has 3 fully saturated rings. The maximum atomic E-state index is 14.5. The van der Waals surface area contributed by atoms with Crippen molar-refractivity contribution in [1.82, 2.24) is 0 Å². The Morgan fingerprint density at radius 3 is 2.33 bits per heavy atom. The molecular formula is C35H29BrClFN2O5. The molecule has 0 bridgehead atoms. The van der Waals surface area contributed by atoms with Gasteiger partial charge in [-0.15, -0.1) is 0 Å². The summed E-state index contributed by atoms with van der Waals surface area (Å²) in [5, 5.41) is 11.0. The molecule has 1 N–H and O–H groups in total. The minimum atomic E-state index is -1.35. The molecule has 6 atom stereocenters. The van der Waals surface area contributed by atoms with Crippen LogP contribution in [0.15, 0.2) is 76.8 Å². The summed E-state index contributed by atoms with van der Waals surface area (Å²) in [6.07, 6.45) is 3.20. The van der Waals surface area contributed by atoms with E-state index >= 15 is 0 Å². The van der Waals surface area contributed by atoms with E-state index < -0.39 is 52.6 Å². The van der Waals surface area contributed by atoms with E-state index in [-0.39, 0.29) is 41.1 Å². The van der Waals surface area contributed by atoms with Gasteiger partial charge in [0.05, 0.1) is 39.6 Å². The smallest absolute Gasteiger partial charge is 0.241 e. The van der Waals surface area contributed by atoms with E-state index in [0.717, 1.165) is 28.5 Å². The Balaban J connectivity index is 1.36. The first kappa shape index (κ1) is 29.9. The SMILES string of the molecule is CCc1ccc(N2C(=O)C3CC=C4C(CC5C(=O)N(c6ccc(F)c(Cl)c6)C(=O)C5(C)C4c4cc(Br)ccc4O)C3C2=O)cc1. The molecule has 0 spiro atoms. The number of benzene rings is 3. The molecule has 2 aliphatic heterocycles. The Kier molecular flexibility index (Phi) is 7.05. The molecule has 3 aromatic carbocycles. The Bertz CT molecular complexity index is 1840. The van der Waals surface area contributed by atoms with Crippen molar-refractivity contribution in [2.45, 2.75) is 39.0 Å². The highest BCUT2D eigenvalue weighted by Crippen LogP contribution is 2.64. The van der Waals surface area contributed by atoms with Crippen molar-refractivity contribution in [3.63, 3.8) is 0 Å². The lowest BCUT2D eigenvalue weighted by atomic mass is 9.51. The van der Waals surface area contributed by atoms with Crippen molar-refractivity contribution < 1.29 is 28.7 Å². The van der Waals surface area contributed by atoms with Crippen LogP contribution in [0.5, 0.6) is 5.75 Å². The molecule has 2 saturated heterocycles. The number of amides is 4. The van der Waals surface area contributed by atoms with Gasteiger partial charge >= 0.3 is 0 Å². The number of hydrogen-bond acceptors (Lipinski definition) is 5. The highest BCUT2D eigenvalue weighted by molar-refractivity contribution is 9.10.